The molecule has 5 heteroatoms. The molecule has 1 N–H and O–H groups in total. The van der Waals surface area contributed by atoms with Crippen LogP contribution >= 0.6 is 0 Å². The average Bonchev–Trinajstić information content (AvgIpc) is 2.38. The molecule has 1 aromatic rings. The largest absolute Gasteiger partial charge is 0.392 e. The normalized spacial score (nSPS) is 17.2. The standard InChI is InChI=1S/C13H18F2N2O/c1-2-16-3-5-17(6-4-16)13-11(14)7-10(9-18)8-12(13)15/h7-8,18H,2-6,9H2,1H3. The first kappa shape index (κ1) is 13.2. The highest BCUT2D eigenvalue weighted by molar-refractivity contribution is 5.51. The van der Waals surface area contributed by atoms with Crippen LogP contribution in [0.2, 0.25) is 0 Å². The van der Waals surface area contributed by atoms with Crippen LogP contribution in [-0.2, 0) is 6.61 Å². The Balaban J connectivity index is 2.19. The number of hydrogen-bond acceptors (Lipinski definition) is 3. The van der Waals surface area contributed by atoms with Gasteiger partial charge in [0.1, 0.15) is 17.3 Å². The van der Waals surface area contributed by atoms with Gasteiger partial charge in [0.05, 0.1) is 6.61 Å². The number of rotatable bonds is 3. The molecule has 0 saturated carbocycles. The van der Waals surface area contributed by atoms with E-state index in [1.807, 2.05) is 0 Å². The van der Waals surface area contributed by atoms with Crippen LogP contribution in [0.3, 0.4) is 0 Å². The van der Waals surface area contributed by atoms with Gasteiger partial charge in [-0.25, -0.2) is 8.78 Å². The second-order valence-electron chi connectivity index (χ2n) is 4.49. The zero-order chi connectivity index (χ0) is 13.1. The first-order chi connectivity index (χ1) is 8.65. The summed E-state index contributed by atoms with van der Waals surface area (Å²) in [6, 6.07) is 2.40. The molecule has 0 aromatic heterocycles. The summed E-state index contributed by atoms with van der Waals surface area (Å²) in [4.78, 5) is 3.98. The zero-order valence-corrected chi connectivity index (χ0v) is 10.5. The minimum absolute atomic E-state index is 0.0305. The number of anilines is 1. The van der Waals surface area contributed by atoms with Crippen LogP contribution in [0.4, 0.5) is 14.5 Å². The van der Waals surface area contributed by atoms with Crippen molar-refractivity contribution in [2.45, 2.75) is 13.5 Å². The van der Waals surface area contributed by atoms with E-state index in [9.17, 15) is 8.78 Å². The third-order valence-electron chi connectivity index (χ3n) is 3.39. The van der Waals surface area contributed by atoms with E-state index < -0.39 is 11.6 Å². The fraction of sp³-hybridized carbons (Fsp3) is 0.538. The third kappa shape index (κ3) is 2.62. The van der Waals surface area contributed by atoms with Crippen molar-refractivity contribution in [2.75, 3.05) is 37.6 Å². The Labute approximate surface area is 106 Å². The maximum atomic E-state index is 13.9. The summed E-state index contributed by atoms with van der Waals surface area (Å²) in [6.45, 7) is 5.57. The lowest BCUT2D eigenvalue weighted by Gasteiger charge is -2.35. The smallest absolute Gasteiger partial charge is 0.149 e. The molecule has 0 atom stereocenters. The molecule has 1 aromatic carbocycles. The van der Waals surface area contributed by atoms with Gasteiger partial charge in [0.15, 0.2) is 0 Å². The zero-order valence-electron chi connectivity index (χ0n) is 10.5. The van der Waals surface area contributed by atoms with E-state index in [0.717, 1.165) is 19.6 Å². The first-order valence-corrected chi connectivity index (χ1v) is 6.21. The van der Waals surface area contributed by atoms with Gasteiger partial charge in [-0.15, -0.1) is 0 Å². The number of benzene rings is 1. The minimum atomic E-state index is -0.594. The van der Waals surface area contributed by atoms with Crippen LogP contribution < -0.4 is 4.90 Å². The summed E-state index contributed by atoms with van der Waals surface area (Å²) in [7, 11) is 0. The maximum Gasteiger partial charge on any atom is 0.149 e. The second-order valence-corrected chi connectivity index (χ2v) is 4.49. The fourth-order valence-electron chi connectivity index (χ4n) is 2.30. The molecule has 100 valence electrons. The molecule has 1 saturated heterocycles. The summed E-state index contributed by atoms with van der Waals surface area (Å²) < 4.78 is 27.7. The van der Waals surface area contributed by atoms with Crippen LogP contribution in [0.1, 0.15) is 12.5 Å². The molecule has 0 amide bonds. The van der Waals surface area contributed by atoms with E-state index in [2.05, 4.69) is 11.8 Å². The van der Waals surface area contributed by atoms with Gasteiger partial charge in [-0.1, -0.05) is 6.92 Å². The highest BCUT2D eigenvalue weighted by atomic mass is 19.1. The van der Waals surface area contributed by atoms with Gasteiger partial charge in [-0.05, 0) is 24.2 Å². The molecular weight excluding hydrogens is 238 g/mol. The molecule has 0 radical (unpaired) electrons. The Bertz CT molecular complexity index is 394. The van der Waals surface area contributed by atoms with Crippen molar-refractivity contribution in [3.63, 3.8) is 0 Å². The highest BCUT2D eigenvalue weighted by Crippen LogP contribution is 2.26. The molecule has 1 heterocycles. The average molecular weight is 256 g/mol. The molecule has 0 spiro atoms. The number of halogens is 2. The lowest BCUT2D eigenvalue weighted by molar-refractivity contribution is 0.269. The Kier molecular flexibility index (Phi) is 4.14. The lowest BCUT2D eigenvalue weighted by Crippen LogP contribution is -2.46. The van der Waals surface area contributed by atoms with Crippen molar-refractivity contribution in [3.8, 4) is 0 Å². The van der Waals surface area contributed by atoms with Crippen molar-refractivity contribution in [3.05, 3.63) is 29.3 Å². The van der Waals surface area contributed by atoms with E-state index in [1.165, 1.54) is 12.1 Å². The van der Waals surface area contributed by atoms with Crippen molar-refractivity contribution in [1.82, 2.24) is 4.90 Å². The summed E-state index contributed by atoms with van der Waals surface area (Å²) in [5.41, 5.74) is 0.295. The molecule has 1 aliphatic heterocycles. The molecule has 0 aliphatic carbocycles. The predicted molar refractivity (Wildman–Crippen MR) is 66.6 cm³/mol. The van der Waals surface area contributed by atoms with Crippen LogP contribution in [0.15, 0.2) is 12.1 Å². The fourth-order valence-corrected chi connectivity index (χ4v) is 2.30. The Hall–Kier alpha value is -1.20. The number of aliphatic hydroxyl groups is 1. The molecule has 1 fully saturated rings. The van der Waals surface area contributed by atoms with Crippen LogP contribution in [0, 0.1) is 11.6 Å². The Morgan fingerprint density at radius 1 is 1.11 bits per heavy atom. The molecule has 18 heavy (non-hydrogen) atoms. The number of hydrogen-bond donors (Lipinski definition) is 1. The number of aliphatic hydroxyl groups excluding tert-OH is 1. The summed E-state index contributed by atoms with van der Waals surface area (Å²) >= 11 is 0. The first-order valence-electron chi connectivity index (χ1n) is 6.21. The van der Waals surface area contributed by atoms with Gasteiger partial charge < -0.3 is 14.9 Å². The van der Waals surface area contributed by atoms with Crippen molar-refractivity contribution in [1.29, 1.82) is 0 Å². The van der Waals surface area contributed by atoms with E-state index in [4.69, 9.17) is 5.11 Å². The van der Waals surface area contributed by atoms with Crippen molar-refractivity contribution in [2.24, 2.45) is 0 Å². The molecule has 2 rings (SSSR count). The molecular formula is C13H18F2N2O. The van der Waals surface area contributed by atoms with Crippen molar-refractivity contribution < 1.29 is 13.9 Å². The van der Waals surface area contributed by atoms with Gasteiger partial charge in [0, 0.05) is 26.2 Å². The Morgan fingerprint density at radius 3 is 2.11 bits per heavy atom. The number of nitrogens with zero attached hydrogens (tertiary/aromatic N) is 2. The molecule has 0 bridgehead atoms. The topological polar surface area (TPSA) is 26.7 Å². The predicted octanol–water partition coefficient (Wildman–Crippen LogP) is 1.60. The molecule has 3 nitrogen and oxygen atoms in total. The van der Waals surface area contributed by atoms with Crippen LogP contribution in [0.25, 0.3) is 0 Å². The van der Waals surface area contributed by atoms with Gasteiger partial charge in [-0.3, -0.25) is 0 Å². The SMILES string of the molecule is CCN1CCN(c2c(F)cc(CO)cc2F)CC1. The lowest BCUT2D eigenvalue weighted by atomic mass is 10.1. The second kappa shape index (κ2) is 5.63. The van der Waals surface area contributed by atoms with Gasteiger partial charge in [-0.2, -0.15) is 0 Å². The molecule has 0 unspecified atom stereocenters. The minimum Gasteiger partial charge on any atom is -0.392 e. The highest BCUT2D eigenvalue weighted by Gasteiger charge is 2.22. The summed E-state index contributed by atoms with van der Waals surface area (Å²) in [6.07, 6.45) is 0. The van der Waals surface area contributed by atoms with Gasteiger partial charge in [0.25, 0.3) is 0 Å². The van der Waals surface area contributed by atoms with E-state index >= 15 is 0 Å². The van der Waals surface area contributed by atoms with Crippen molar-refractivity contribution >= 4 is 5.69 Å². The number of likely N-dealkylation sites (N-methyl/N-ethyl adjacent to an activating group) is 1. The summed E-state index contributed by atoms with van der Waals surface area (Å²) in [5.74, 6) is -1.19. The van der Waals surface area contributed by atoms with Gasteiger partial charge in [0.2, 0.25) is 0 Å². The van der Waals surface area contributed by atoms with Gasteiger partial charge >= 0.3 is 0 Å². The molecule has 1 aliphatic rings. The third-order valence-corrected chi connectivity index (χ3v) is 3.39. The van der Waals surface area contributed by atoms with Crippen LogP contribution in [-0.4, -0.2) is 42.7 Å². The van der Waals surface area contributed by atoms with Crippen LogP contribution in [0.5, 0.6) is 0 Å². The van der Waals surface area contributed by atoms with E-state index in [0.29, 0.717) is 13.1 Å². The van der Waals surface area contributed by atoms with E-state index in [1.54, 1.807) is 4.90 Å². The number of piperazine rings is 1. The summed E-state index contributed by atoms with van der Waals surface area (Å²) in [5, 5.41) is 8.90. The van der Waals surface area contributed by atoms with E-state index in [-0.39, 0.29) is 17.9 Å². The monoisotopic (exact) mass is 256 g/mol. The quantitative estimate of drug-likeness (QED) is 0.890. The Morgan fingerprint density at radius 2 is 1.67 bits per heavy atom. The maximum absolute atomic E-state index is 13.9.